The summed E-state index contributed by atoms with van der Waals surface area (Å²) in [4.78, 5) is 0. The fourth-order valence-electron chi connectivity index (χ4n) is 1.27. The van der Waals surface area contributed by atoms with Gasteiger partial charge in [-0.1, -0.05) is 19.8 Å². The van der Waals surface area contributed by atoms with Crippen LogP contribution in [0.4, 0.5) is 0 Å². The summed E-state index contributed by atoms with van der Waals surface area (Å²) in [5.74, 6) is 0. The van der Waals surface area contributed by atoms with Gasteiger partial charge in [-0.05, 0) is 19.4 Å². The zero-order valence-corrected chi connectivity index (χ0v) is 8.53. The molecular formula is C10H19N3. The standard InChI is InChI=1S/C10H19N3/c1-3-4-5-7-13-8-6-10(12-13)9(2)11/h6,8-9H,3-5,7,11H2,1-2H3/t9-/m1/s1. The van der Waals surface area contributed by atoms with Crippen molar-refractivity contribution in [2.45, 2.75) is 45.7 Å². The van der Waals surface area contributed by atoms with E-state index in [-0.39, 0.29) is 6.04 Å². The molecule has 0 radical (unpaired) electrons. The van der Waals surface area contributed by atoms with Crippen molar-refractivity contribution >= 4 is 0 Å². The van der Waals surface area contributed by atoms with Crippen LogP contribution in [-0.2, 0) is 6.54 Å². The quantitative estimate of drug-likeness (QED) is 0.707. The van der Waals surface area contributed by atoms with Crippen LogP contribution in [0, 0.1) is 0 Å². The van der Waals surface area contributed by atoms with Crippen molar-refractivity contribution in [2.75, 3.05) is 0 Å². The second-order valence-electron chi connectivity index (χ2n) is 3.50. The highest BCUT2D eigenvalue weighted by Gasteiger charge is 2.02. The average Bonchev–Trinajstić information content (AvgIpc) is 2.53. The third-order valence-corrected chi connectivity index (χ3v) is 2.12. The highest BCUT2D eigenvalue weighted by atomic mass is 15.3. The summed E-state index contributed by atoms with van der Waals surface area (Å²) in [7, 11) is 0. The van der Waals surface area contributed by atoms with Gasteiger partial charge in [0, 0.05) is 18.8 Å². The van der Waals surface area contributed by atoms with Crippen LogP contribution in [0.25, 0.3) is 0 Å². The maximum atomic E-state index is 5.71. The Hall–Kier alpha value is -0.830. The largest absolute Gasteiger partial charge is 0.323 e. The van der Waals surface area contributed by atoms with Crippen LogP contribution in [0.3, 0.4) is 0 Å². The van der Waals surface area contributed by atoms with E-state index in [4.69, 9.17) is 5.73 Å². The van der Waals surface area contributed by atoms with Gasteiger partial charge in [-0.15, -0.1) is 0 Å². The van der Waals surface area contributed by atoms with Gasteiger partial charge in [-0.2, -0.15) is 5.10 Å². The molecule has 0 aliphatic heterocycles. The molecule has 0 bridgehead atoms. The number of nitrogens with two attached hydrogens (primary N) is 1. The van der Waals surface area contributed by atoms with E-state index in [2.05, 4.69) is 12.0 Å². The number of hydrogen-bond donors (Lipinski definition) is 1. The number of nitrogens with zero attached hydrogens (tertiary/aromatic N) is 2. The van der Waals surface area contributed by atoms with Crippen LogP contribution < -0.4 is 5.73 Å². The maximum absolute atomic E-state index is 5.71. The molecule has 0 aliphatic rings. The van der Waals surface area contributed by atoms with Crippen molar-refractivity contribution in [1.82, 2.24) is 9.78 Å². The van der Waals surface area contributed by atoms with Crippen molar-refractivity contribution in [1.29, 1.82) is 0 Å². The molecule has 1 aromatic rings. The van der Waals surface area contributed by atoms with Crippen molar-refractivity contribution < 1.29 is 0 Å². The minimum absolute atomic E-state index is 0.0485. The van der Waals surface area contributed by atoms with Gasteiger partial charge in [-0.25, -0.2) is 0 Å². The highest BCUT2D eigenvalue weighted by Crippen LogP contribution is 2.06. The summed E-state index contributed by atoms with van der Waals surface area (Å²) >= 11 is 0. The number of unbranched alkanes of at least 4 members (excludes halogenated alkanes) is 2. The predicted molar refractivity (Wildman–Crippen MR) is 54.4 cm³/mol. The molecule has 0 saturated carbocycles. The average molecular weight is 181 g/mol. The van der Waals surface area contributed by atoms with Crippen molar-refractivity contribution in [2.24, 2.45) is 5.73 Å². The Morgan fingerprint density at radius 1 is 1.54 bits per heavy atom. The molecular weight excluding hydrogens is 162 g/mol. The van der Waals surface area contributed by atoms with E-state index in [0.29, 0.717) is 0 Å². The van der Waals surface area contributed by atoms with E-state index in [0.717, 1.165) is 12.2 Å². The van der Waals surface area contributed by atoms with Gasteiger partial charge in [0.05, 0.1) is 5.69 Å². The normalized spacial score (nSPS) is 13.2. The Kier molecular flexibility index (Phi) is 3.96. The first-order valence-corrected chi connectivity index (χ1v) is 5.03. The second kappa shape index (κ2) is 5.02. The van der Waals surface area contributed by atoms with Crippen LogP contribution in [-0.4, -0.2) is 9.78 Å². The Balaban J connectivity index is 2.40. The number of aryl methyl sites for hydroxylation is 1. The third kappa shape index (κ3) is 3.19. The molecule has 0 saturated heterocycles. The number of rotatable bonds is 5. The molecule has 0 fully saturated rings. The summed E-state index contributed by atoms with van der Waals surface area (Å²) in [6.07, 6.45) is 5.74. The lowest BCUT2D eigenvalue weighted by molar-refractivity contribution is 0.543. The molecule has 3 nitrogen and oxygen atoms in total. The zero-order chi connectivity index (χ0) is 9.68. The van der Waals surface area contributed by atoms with E-state index < -0.39 is 0 Å². The Labute approximate surface area is 79.9 Å². The molecule has 0 aromatic carbocycles. The fourth-order valence-corrected chi connectivity index (χ4v) is 1.27. The van der Waals surface area contributed by atoms with Gasteiger partial charge in [0.2, 0.25) is 0 Å². The lowest BCUT2D eigenvalue weighted by Gasteiger charge is -2.01. The van der Waals surface area contributed by atoms with Gasteiger partial charge >= 0.3 is 0 Å². The van der Waals surface area contributed by atoms with Crippen LogP contribution in [0.2, 0.25) is 0 Å². The number of hydrogen-bond acceptors (Lipinski definition) is 2. The smallest absolute Gasteiger partial charge is 0.0788 e. The molecule has 0 amide bonds. The maximum Gasteiger partial charge on any atom is 0.0788 e. The van der Waals surface area contributed by atoms with Crippen molar-refractivity contribution in [3.8, 4) is 0 Å². The van der Waals surface area contributed by atoms with Crippen molar-refractivity contribution in [3.05, 3.63) is 18.0 Å². The SMILES string of the molecule is CCCCCn1ccc([C@@H](C)N)n1. The fraction of sp³-hybridized carbons (Fsp3) is 0.700. The topological polar surface area (TPSA) is 43.8 Å². The summed E-state index contributed by atoms with van der Waals surface area (Å²) in [6.45, 7) is 5.18. The van der Waals surface area contributed by atoms with Gasteiger partial charge in [-0.3, -0.25) is 4.68 Å². The van der Waals surface area contributed by atoms with Crippen LogP contribution in [0.1, 0.15) is 44.8 Å². The van der Waals surface area contributed by atoms with Crippen LogP contribution >= 0.6 is 0 Å². The van der Waals surface area contributed by atoms with Crippen LogP contribution in [0.5, 0.6) is 0 Å². The van der Waals surface area contributed by atoms with Crippen LogP contribution in [0.15, 0.2) is 12.3 Å². The molecule has 0 spiro atoms. The Morgan fingerprint density at radius 3 is 2.85 bits per heavy atom. The van der Waals surface area contributed by atoms with E-state index in [9.17, 15) is 0 Å². The summed E-state index contributed by atoms with van der Waals surface area (Å²) in [5.41, 5.74) is 6.69. The molecule has 1 aromatic heterocycles. The predicted octanol–water partition coefficient (Wildman–Crippen LogP) is 2.09. The summed E-state index contributed by atoms with van der Waals surface area (Å²) < 4.78 is 1.98. The first kappa shape index (κ1) is 10.3. The Bertz CT molecular complexity index is 240. The van der Waals surface area contributed by atoms with Gasteiger partial charge in [0.1, 0.15) is 0 Å². The zero-order valence-electron chi connectivity index (χ0n) is 8.53. The highest BCUT2D eigenvalue weighted by molar-refractivity contribution is 5.02. The van der Waals surface area contributed by atoms with E-state index in [1.807, 2.05) is 23.9 Å². The first-order valence-electron chi connectivity index (χ1n) is 5.03. The molecule has 74 valence electrons. The molecule has 1 heterocycles. The molecule has 1 rings (SSSR count). The molecule has 13 heavy (non-hydrogen) atoms. The monoisotopic (exact) mass is 181 g/mol. The number of aromatic nitrogens is 2. The Morgan fingerprint density at radius 2 is 2.31 bits per heavy atom. The van der Waals surface area contributed by atoms with E-state index in [1.54, 1.807) is 0 Å². The minimum atomic E-state index is 0.0485. The van der Waals surface area contributed by atoms with Gasteiger partial charge in [0.25, 0.3) is 0 Å². The lowest BCUT2D eigenvalue weighted by Crippen LogP contribution is -2.07. The summed E-state index contributed by atoms with van der Waals surface area (Å²) in [6, 6.07) is 2.05. The van der Waals surface area contributed by atoms with E-state index >= 15 is 0 Å². The molecule has 0 unspecified atom stereocenters. The first-order chi connectivity index (χ1) is 6.24. The molecule has 3 heteroatoms. The summed E-state index contributed by atoms with van der Waals surface area (Å²) in [5, 5.41) is 4.37. The molecule has 1 atom stereocenters. The molecule has 0 aliphatic carbocycles. The molecule has 2 N–H and O–H groups in total. The van der Waals surface area contributed by atoms with Crippen molar-refractivity contribution in [3.63, 3.8) is 0 Å². The van der Waals surface area contributed by atoms with Gasteiger partial charge < -0.3 is 5.73 Å². The minimum Gasteiger partial charge on any atom is -0.323 e. The second-order valence-corrected chi connectivity index (χ2v) is 3.50. The third-order valence-electron chi connectivity index (χ3n) is 2.12. The van der Waals surface area contributed by atoms with Gasteiger partial charge in [0.15, 0.2) is 0 Å². The lowest BCUT2D eigenvalue weighted by atomic mass is 10.2. The van der Waals surface area contributed by atoms with E-state index in [1.165, 1.54) is 19.3 Å².